The average molecular weight is 324 g/mol. The summed E-state index contributed by atoms with van der Waals surface area (Å²) in [7, 11) is 0. The Morgan fingerprint density at radius 1 is 1.09 bits per heavy atom. The molecule has 0 aromatic heterocycles. The second-order valence-corrected chi connectivity index (χ2v) is 7.05. The SMILES string of the molecule is CC(NC(=O)CC1CCCCC1)C(=O)N[C@H]1CC[C@@H](C(=O)O)C1. The molecule has 130 valence electrons. The molecule has 3 N–H and O–H groups in total. The first-order valence-corrected chi connectivity index (χ1v) is 8.78. The minimum absolute atomic E-state index is 0.0608. The molecule has 2 saturated carbocycles. The molecular formula is C17H28N2O4. The minimum Gasteiger partial charge on any atom is -0.481 e. The molecule has 2 rings (SSSR count). The van der Waals surface area contributed by atoms with Gasteiger partial charge in [-0.1, -0.05) is 19.3 Å². The van der Waals surface area contributed by atoms with Gasteiger partial charge in [-0.3, -0.25) is 14.4 Å². The van der Waals surface area contributed by atoms with Gasteiger partial charge in [-0.15, -0.1) is 0 Å². The molecule has 0 bridgehead atoms. The van der Waals surface area contributed by atoms with Crippen LogP contribution in [0, 0.1) is 11.8 Å². The van der Waals surface area contributed by atoms with E-state index in [0.717, 1.165) is 12.8 Å². The Hall–Kier alpha value is -1.59. The number of carbonyl (C=O) groups excluding carboxylic acids is 2. The van der Waals surface area contributed by atoms with E-state index < -0.39 is 12.0 Å². The summed E-state index contributed by atoms with van der Waals surface area (Å²) in [5, 5.41) is 14.6. The fraction of sp³-hybridized carbons (Fsp3) is 0.824. The van der Waals surface area contributed by atoms with Gasteiger partial charge in [0.2, 0.25) is 11.8 Å². The second kappa shape index (κ2) is 8.31. The van der Waals surface area contributed by atoms with Crippen molar-refractivity contribution in [2.24, 2.45) is 11.8 Å². The van der Waals surface area contributed by atoms with Crippen LogP contribution in [-0.4, -0.2) is 35.0 Å². The minimum atomic E-state index is -0.796. The van der Waals surface area contributed by atoms with Gasteiger partial charge in [0, 0.05) is 12.5 Å². The average Bonchev–Trinajstić information content (AvgIpc) is 2.96. The number of hydrogen-bond acceptors (Lipinski definition) is 3. The van der Waals surface area contributed by atoms with E-state index in [2.05, 4.69) is 10.6 Å². The summed E-state index contributed by atoms with van der Waals surface area (Å²) in [6.07, 6.45) is 8.12. The van der Waals surface area contributed by atoms with Gasteiger partial charge < -0.3 is 15.7 Å². The highest BCUT2D eigenvalue weighted by atomic mass is 16.4. The fourth-order valence-electron chi connectivity index (χ4n) is 3.68. The first-order chi connectivity index (χ1) is 11.0. The van der Waals surface area contributed by atoms with Crippen LogP contribution in [0.25, 0.3) is 0 Å². The Morgan fingerprint density at radius 2 is 1.78 bits per heavy atom. The van der Waals surface area contributed by atoms with Gasteiger partial charge in [0.25, 0.3) is 0 Å². The zero-order valence-electron chi connectivity index (χ0n) is 13.8. The van der Waals surface area contributed by atoms with Crippen molar-refractivity contribution in [1.29, 1.82) is 0 Å². The number of aliphatic carboxylic acids is 1. The summed E-state index contributed by atoms with van der Waals surface area (Å²) >= 11 is 0. The van der Waals surface area contributed by atoms with Crippen molar-refractivity contribution in [2.45, 2.75) is 76.8 Å². The number of carboxylic acid groups (broad SMARTS) is 1. The molecular weight excluding hydrogens is 296 g/mol. The molecule has 0 heterocycles. The Kier molecular flexibility index (Phi) is 6.42. The number of amides is 2. The first kappa shape index (κ1) is 17.8. The molecule has 6 nitrogen and oxygen atoms in total. The molecule has 0 spiro atoms. The van der Waals surface area contributed by atoms with Crippen molar-refractivity contribution in [3.8, 4) is 0 Å². The van der Waals surface area contributed by atoms with E-state index in [1.165, 1.54) is 19.3 Å². The lowest BCUT2D eigenvalue weighted by atomic mass is 9.87. The maximum Gasteiger partial charge on any atom is 0.306 e. The van der Waals surface area contributed by atoms with Crippen LogP contribution in [0.3, 0.4) is 0 Å². The van der Waals surface area contributed by atoms with E-state index in [4.69, 9.17) is 5.11 Å². The normalized spacial score (nSPS) is 26.5. The quantitative estimate of drug-likeness (QED) is 0.694. The number of carbonyl (C=O) groups is 3. The number of hydrogen-bond donors (Lipinski definition) is 3. The topological polar surface area (TPSA) is 95.5 Å². The molecule has 0 saturated heterocycles. The van der Waals surface area contributed by atoms with Gasteiger partial charge in [0.1, 0.15) is 6.04 Å². The van der Waals surface area contributed by atoms with Crippen LogP contribution in [0.2, 0.25) is 0 Å². The maximum atomic E-state index is 12.1. The van der Waals surface area contributed by atoms with Crippen molar-refractivity contribution >= 4 is 17.8 Å². The van der Waals surface area contributed by atoms with Crippen LogP contribution >= 0.6 is 0 Å². The van der Waals surface area contributed by atoms with Crippen LogP contribution < -0.4 is 10.6 Å². The lowest BCUT2D eigenvalue weighted by molar-refractivity contribution is -0.141. The van der Waals surface area contributed by atoms with Gasteiger partial charge in [-0.2, -0.15) is 0 Å². The molecule has 0 aliphatic heterocycles. The van der Waals surface area contributed by atoms with Crippen LogP contribution in [0.4, 0.5) is 0 Å². The van der Waals surface area contributed by atoms with E-state index >= 15 is 0 Å². The Bertz CT molecular complexity index is 446. The molecule has 2 amide bonds. The molecule has 3 atom stereocenters. The summed E-state index contributed by atoms with van der Waals surface area (Å²) in [6, 6.07) is -0.670. The standard InChI is InChI=1S/C17H28N2O4/c1-11(18-15(20)9-12-5-3-2-4-6-12)16(21)19-14-8-7-13(10-14)17(22)23/h11-14H,2-10H2,1H3,(H,18,20)(H,19,21)(H,22,23)/t11?,13-,14+/m1/s1. The smallest absolute Gasteiger partial charge is 0.306 e. The fourth-order valence-corrected chi connectivity index (χ4v) is 3.68. The van der Waals surface area contributed by atoms with E-state index in [-0.39, 0.29) is 23.8 Å². The first-order valence-electron chi connectivity index (χ1n) is 8.78. The van der Waals surface area contributed by atoms with E-state index in [1.807, 2.05) is 0 Å². The second-order valence-electron chi connectivity index (χ2n) is 7.05. The predicted octanol–water partition coefficient (Wildman–Crippen LogP) is 1.83. The highest BCUT2D eigenvalue weighted by Gasteiger charge is 2.31. The predicted molar refractivity (Wildman–Crippen MR) is 85.7 cm³/mol. The third kappa shape index (κ3) is 5.52. The molecule has 0 radical (unpaired) electrons. The van der Waals surface area contributed by atoms with Crippen molar-refractivity contribution in [3.63, 3.8) is 0 Å². The van der Waals surface area contributed by atoms with Gasteiger partial charge >= 0.3 is 5.97 Å². The highest BCUT2D eigenvalue weighted by molar-refractivity contribution is 5.87. The summed E-state index contributed by atoms with van der Waals surface area (Å²) < 4.78 is 0. The summed E-state index contributed by atoms with van der Waals surface area (Å²) in [5.41, 5.74) is 0. The van der Waals surface area contributed by atoms with Crippen LogP contribution in [0.15, 0.2) is 0 Å². The van der Waals surface area contributed by atoms with Gasteiger partial charge in [0.05, 0.1) is 5.92 Å². The number of carboxylic acids is 1. The zero-order chi connectivity index (χ0) is 16.8. The highest BCUT2D eigenvalue weighted by Crippen LogP contribution is 2.26. The lowest BCUT2D eigenvalue weighted by Crippen LogP contribution is -2.47. The van der Waals surface area contributed by atoms with Crippen molar-refractivity contribution in [2.75, 3.05) is 0 Å². The molecule has 2 fully saturated rings. The monoisotopic (exact) mass is 324 g/mol. The Morgan fingerprint density at radius 3 is 2.39 bits per heavy atom. The molecule has 1 unspecified atom stereocenters. The Balaban J connectivity index is 1.70. The van der Waals surface area contributed by atoms with Crippen LogP contribution in [-0.2, 0) is 14.4 Å². The number of nitrogens with one attached hydrogen (secondary N) is 2. The zero-order valence-corrected chi connectivity index (χ0v) is 13.8. The summed E-state index contributed by atoms with van der Waals surface area (Å²) in [5.74, 6) is -0.996. The molecule has 0 aromatic rings. The third-order valence-corrected chi connectivity index (χ3v) is 5.10. The molecule has 2 aliphatic carbocycles. The molecule has 23 heavy (non-hydrogen) atoms. The van der Waals surface area contributed by atoms with Gasteiger partial charge in [-0.25, -0.2) is 0 Å². The summed E-state index contributed by atoms with van der Waals surface area (Å²) in [4.78, 5) is 35.1. The van der Waals surface area contributed by atoms with E-state index in [0.29, 0.717) is 31.6 Å². The van der Waals surface area contributed by atoms with Crippen molar-refractivity contribution in [3.05, 3.63) is 0 Å². The molecule has 0 aromatic carbocycles. The maximum absolute atomic E-state index is 12.1. The largest absolute Gasteiger partial charge is 0.481 e. The van der Waals surface area contributed by atoms with Crippen LogP contribution in [0.1, 0.15) is 64.7 Å². The van der Waals surface area contributed by atoms with Crippen molar-refractivity contribution < 1.29 is 19.5 Å². The van der Waals surface area contributed by atoms with Gasteiger partial charge in [-0.05, 0) is 44.9 Å². The van der Waals surface area contributed by atoms with Crippen molar-refractivity contribution in [1.82, 2.24) is 10.6 Å². The summed E-state index contributed by atoms with van der Waals surface area (Å²) in [6.45, 7) is 1.68. The molecule has 6 heteroatoms. The van der Waals surface area contributed by atoms with Gasteiger partial charge in [0.15, 0.2) is 0 Å². The van der Waals surface area contributed by atoms with Crippen LogP contribution in [0.5, 0.6) is 0 Å². The third-order valence-electron chi connectivity index (χ3n) is 5.10. The lowest BCUT2D eigenvalue weighted by Gasteiger charge is -2.22. The number of rotatable bonds is 6. The molecule has 2 aliphatic rings. The Labute approximate surface area is 137 Å². The van der Waals surface area contributed by atoms with E-state index in [1.54, 1.807) is 6.92 Å². The van der Waals surface area contributed by atoms with E-state index in [9.17, 15) is 14.4 Å².